The Kier molecular flexibility index (Phi) is 1.88. The molecule has 0 aromatic heterocycles. The quantitative estimate of drug-likeness (QED) is 0.597. The lowest BCUT2D eigenvalue weighted by Crippen LogP contribution is -2.66. The predicted molar refractivity (Wildman–Crippen MR) is 32.3 cm³/mol. The SMILES string of the molecule is FC1C(F)C2(F)C(F)(F)C(F)(F)C1(F)C2(F)F. The first-order valence-corrected chi connectivity index (χ1v) is 4.11. The first-order valence-electron chi connectivity index (χ1n) is 4.11. The first-order chi connectivity index (χ1) is 7.32. The van der Waals surface area contributed by atoms with Crippen LogP contribution in [0.15, 0.2) is 0 Å². The molecular weight excluding hydrogens is 274 g/mol. The highest BCUT2D eigenvalue weighted by atomic mass is 19.3. The summed E-state index contributed by atoms with van der Waals surface area (Å²) in [7, 11) is 0. The van der Waals surface area contributed by atoms with Crippen molar-refractivity contribution >= 4 is 0 Å². The van der Waals surface area contributed by atoms with Gasteiger partial charge in [-0.25, -0.2) is 17.6 Å². The lowest BCUT2D eigenvalue weighted by Gasteiger charge is -2.36. The summed E-state index contributed by atoms with van der Waals surface area (Å²) >= 11 is 0. The molecule has 0 N–H and O–H groups in total. The van der Waals surface area contributed by atoms with Crippen molar-refractivity contribution < 1.29 is 43.9 Å². The van der Waals surface area contributed by atoms with E-state index in [1.165, 1.54) is 0 Å². The van der Waals surface area contributed by atoms with E-state index in [0.29, 0.717) is 0 Å². The van der Waals surface area contributed by atoms with Crippen LogP contribution in [-0.4, -0.2) is 41.4 Å². The minimum Gasteiger partial charge on any atom is -0.240 e. The average Bonchev–Trinajstić information content (AvgIpc) is 2.33. The van der Waals surface area contributed by atoms with Gasteiger partial charge in [0.15, 0.2) is 12.3 Å². The van der Waals surface area contributed by atoms with Gasteiger partial charge in [-0.2, -0.15) is 26.3 Å². The Balaban J connectivity index is 2.83. The number of hydrogen-bond donors (Lipinski definition) is 0. The van der Waals surface area contributed by atoms with E-state index in [9.17, 15) is 43.9 Å². The predicted octanol–water partition coefficient (Wildman–Crippen LogP) is 3.01. The van der Waals surface area contributed by atoms with Crippen molar-refractivity contribution in [2.24, 2.45) is 0 Å². The third-order valence-corrected chi connectivity index (χ3v) is 3.24. The fourth-order valence-corrected chi connectivity index (χ4v) is 2.21. The van der Waals surface area contributed by atoms with Crippen LogP contribution in [0, 0.1) is 0 Å². The van der Waals surface area contributed by atoms with Gasteiger partial charge < -0.3 is 0 Å². The monoisotopic (exact) mass is 276 g/mol. The molecular formula is C7H2F10. The fourth-order valence-electron chi connectivity index (χ4n) is 2.21. The molecule has 0 heterocycles. The summed E-state index contributed by atoms with van der Waals surface area (Å²) in [4.78, 5) is 0. The second-order valence-corrected chi connectivity index (χ2v) is 3.95. The summed E-state index contributed by atoms with van der Waals surface area (Å²) in [5.74, 6) is -18.9. The molecule has 2 aliphatic carbocycles. The molecule has 100 valence electrons. The molecule has 0 radical (unpaired) electrons. The molecule has 0 aromatic rings. The van der Waals surface area contributed by atoms with Crippen molar-refractivity contribution in [3.63, 3.8) is 0 Å². The molecule has 2 saturated carbocycles. The van der Waals surface area contributed by atoms with Gasteiger partial charge in [0, 0.05) is 0 Å². The van der Waals surface area contributed by atoms with Crippen LogP contribution in [0.3, 0.4) is 0 Å². The molecule has 10 heteroatoms. The van der Waals surface area contributed by atoms with Crippen molar-refractivity contribution in [3.05, 3.63) is 0 Å². The number of hydrogen-bond acceptors (Lipinski definition) is 0. The standard InChI is InChI=1S/C7H2F10/c8-1-2(9)4(11)5(12,13)3(1,10)6(14,15)7(4,16)17/h1-2H. The van der Waals surface area contributed by atoms with Gasteiger partial charge in [-0.3, -0.25) is 0 Å². The molecule has 4 unspecified atom stereocenters. The zero-order valence-electron chi connectivity index (χ0n) is 7.43. The van der Waals surface area contributed by atoms with Crippen molar-refractivity contribution in [2.45, 2.75) is 41.4 Å². The molecule has 0 nitrogen and oxygen atoms in total. The van der Waals surface area contributed by atoms with E-state index in [4.69, 9.17) is 0 Å². The van der Waals surface area contributed by atoms with E-state index in [1.54, 1.807) is 0 Å². The summed E-state index contributed by atoms with van der Waals surface area (Å²) in [6.07, 6.45) is -8.76. The van der Waals surface area contributed by atoms with Gasteiger partial charge in [0.2, 0.25) is 0 Å². The Morgan fingerprint density at radius 2 is 0.706 bits per heavy atom. The van der Waals surface area contributed by atoms with Gasteiger partial charge >= 0.3 is 17.8 Å². The van der Waals surface area contributed by atoms with Crippen molar-refractivity contribution in [2.75, 3.05) is 0 Å². The Morgan fingerprint density at radius 1 is 0.471 bits per heavy atom. The van der Waals surface area contributed by atoms with Crippen LogP contribution in [0.5, 0.6) is 0 Å². The highest BCUT2D eigenvalue weighted by Crippen LogP contribution is 2.76. The third-order valence-electron chi connectivity index (χ3n) is 3.24. The average molecular weight is 276 g/mol. The van der Waals surface area contributed by atoms with Crippen LogP contribution in [0.1, 0.15) is 0 Å². The Hall–Kier alpha value is -0.700. The van der Waals surface area contributed by atoms with Gasteiger partial charge in [0.05, 0.1) is 0 Å². The number of rotatable bonds is 0. The molecule has 4 atom stereocenters. The molecule has 0 spiro atoms. The topological polar surface area (TPSA) is 0 Å². The van der Waals surface area contributed by atoms with Crippen LogP contribution >= 0.6 is 0 Å². The number of alkyl halides is 10. The molecule has 17 heavy (non-hydrogen) atoms. The summed E-state index contributed by atoms with van der Waals surface area (Å²) in [6, 6.07) is 0. The Bertz CT molecular complexity index is 343. The van der Waals surface area contributed by atoms with Crippen LogP contribution in [0.4, 0.5) is 43.9 Å². The normalized spacial score (nSPS) is 54.0. The zero-order chi connectivity index (χ0) is 13.7. The molecule has 0 amide bonds. The largest absolute Gasteiger partial charge is 0.356 e. The van der Waals surface area contributed by atoms with E-state index in [0.717, 1.165) is 0 Å². The second kappa shape index (κ2) is 2.51. The van der Waals surface area contributed by atoms with Crippen LogP contribution in [0.25, 0.3) is 0 Å². The Labute approximate surface area is 86.6 Å². The van der Waals surface area contributed by atoms with E-state index in [-0.39, 0.29) is 0 Å². The highest BCUT2D eigenvalue weighted by molar-refractivity contribution is 5.41. The second-order valence-electron chi connectivity index (χ2n) is 3.95. The van der Waals surface area contributed by atoms with Crippen molar-refractivity contribution in [1.82, 2.24) is 0 Å². The summed E-state index contributed by atoms with van der Waals surface area (Å²) in [5.41, 5.74) is -11.8. The summed E-state index contributed by atoms with van der Waals surface area (Å²) in [5, 5.41) is 0. The Morgan fingerprint density at radius 3 is 0.882 bits per heavy atom. The first kappa shape index (κ1) is 12.7. The zero-order valence-corrected chi connectivity index (χ0v) is 7.43. The minimum atomic E-state index is -6.35. The van der Waals surface area contributed by atoms with Gasteiger partial charge in [-0.05, 0) is 0 Å². The maximum atomic E-state index is 13.2. The molecule has 0 aliphatic heterocycles. The third kappa shape index (κ3) is 0.744. The lowest BCUT2D eigenvalue weighted by molar-refractivity contribution is -0.309. The maximum absolute atomic E-state index is 13.2. The minimum absolute atomic E-state index is 4.38. The molecule has 2 aliphatic rings. The molecule has 2 rings (SSSR count). The fraction of sp³-hybridized carbons (Fsp3) is 1.00. The summed E-state index contributed by atoms with van der Waals surface area (Å²) in [6.45, 7) is 0. The van der Waals surface area contributed by atoms with Crippen LogP contribution < -0.4 is 0 Å². The van der Waals surface area contributed by atoms with E-state index in [2.05, 4.69) is 0 Å². The number of fused-ring (bicyclic) bond motifs is 2. The molecule has 0 saturated heterocycles. The van der Waals surface area contributed by atoms with Crippen molar-refractivity contribution in [1.29, 1.82) is 0 Å². The van der Waals surface area contributed by atoms with Crippen LogP contribution in [0.2, 0.25) is 0 Å². The van der Waals surface area contributed by atoms with E-state index < -0.39 is 41.4 Å². The summed E-state index contributed by atoms with van der Waals surface area (Å²) < 4.78 is 128. The van der Waals surface area contributed by atoms with E-state index in [1.807, 2.05) is 0 Å². The maximum Gasteiger partial charge on any atom is 0.356 e. The van der Waals surface area contributed by atoms with Gasteiger partial charge in [0.25, 0.3) is 11.3 Å². The lowest BCUT2D eigenvalue weighted by atomic mass is 9.86. The van der Waals surface area contributed by atoms with Gasteiger partial charge in [-0.1, -0.05) is 0 Å². The molecule has 0 aromatic carbocycles. The van der Waals surface area contributed by atoms with Crippen molar-refractivity contribution in [3.8, 4) is 0 Å². The molecule has 2 bridgehead atoms. The van der Waals surface area contributed by atoms with Crippen LogP contribution in [-0.2, 0) is 0 Å². The smallest absolute Gasteiger partial charge is 0.240 e. The molecule has 2 fully saturated rings. The highest BCUT2D eigenvalue weighted by Gasteiger charge is 3.08. The van der Waals surface area contributed by atoms with Gasteiger partial charge in [0.1, 0.15) is 0 Å². The van der Waals surface area contributed by atoms with Gasteiger partial charge in [-0.15, -0.1) is 0 Å². The number of halogens is 10. The van der Waals surface area contributed by atoms with E-state index >= 15 is 0 Å².